The highest BCUT2D eigenvalue weighted by Gasteiger charge is 2.25. The van der Waals surface area contributed by atoms with Crippen molar-refractivity contribution in [2.75, 3.05) is 38.6 Å². The van der Waals surface area contributed by atoms with Crippen LogP contribution in [0.3, 0.4) is 0 Å². The molecule has 1 aliphatic heterocycles. The van der Waals surface area contributed by atoms with Crippen LogP contribution in [0.15, 0.2) is 41.8 Å². The molecule has 3 aromatic heterocycles. The van der Waals surface area contributed by atoms with E-state index in [9.17, 15) is 9.18 Å². The Morgan fingerprint density at radius 2 is 1.92 bits per heavy atom. The molecule has 5 rings (SSSR count). The molecule has 0 bridgehead atoms. The van der Waals surface area contributed by atoms with E-state index in [1.807, 2.05) is 27.9 Å². The summed E-state index contributed by atoms with van der Waals surface area (Å²) in [5, 5.41) is 10.5. The van der Waals surface area contributed by atoms with Crippen molar-refractivity contribution in [2.45, 2.75) is 32.1 Å². The maximum atomic E-state index is 13.3. The summed E-state index contributed by atoms with van der Waals surface area (Å²) in [5.41, 5.74) is 4.50. The molecule has 8 nitrogen and oxygen atoms in total. The van der Waals surface area contributed by atoms with Crippen LogP contribution < -0.4 is 10.2 Å². The van der Waals surface area contributed by atoms with Crippen LogP contribution in [0.1, 0.15) is 37.1 Å². The number of likely N-dealkylation sites (N-methyl/N-ethyl adjacent to an activating group) is 1. The fraction of sp³-hybridized carbons (Fsp3) is 0.385. The molecule has 0 saturated carbocycles. The molecule has 1 saturated heterocycles. The van der Waals surface area contributed by atoms with Crippen LogP contribution in [-0.4, -0.2) is 64.1 Å². The number of fused-ring (bicyclic) bond motifs is 1. The number of imidazole rings is 1. The van der Waals surface area contributed by atoms with E-state index in [0.717, 1.165) is 71.6 Å². The van der Waals surface area contributed by atoms with E-state index >= 15 is 0 Å². The fourth-order valence-corrected chi connectivity index (χ4v) is 5.50. The number of hydrogen-bond acceptors (Lipinski definition) is 7. The SMILES string of the molecule is CCc1nc2ccc(C3CCN(CC(=O)NC)CC3)nn2c1N(C)c1nc(-c2ccc(F)cc2)cs1. The summed E-state index contributed by atoms with van der Waals surface area (Å²) in [4.78, 5) is 25.6. The molecule has 0 aliphatic carbocycles. The van der Waals surface area contributed by atoms with Crippen molar-refractivity contribution in [3.05, 3.63) is 59.0 Å². The van der Waals surface area contributed by atoms with Gasteiger partial charge in [-0.05, 0) is 68.8 Å². The number of benzene rings is 1. The Labute approximate surface area is 213 Å². The zero-order chi connectivity index (χ0) is 25.2. The number of aryl methyl sites for hydroxylation is 1. The van der Waals surface area contributed by atoms with Crippen molar-refractivity contribution >= 4 is 33.8 Å². The van der Waals surface area contributed by atoms with Gasteiger partial charge in [0, 0.05) is 31.0 Å². The Kier molecular flexibility index (Phi) is 6.97. The smallest absolute Gasteiger partial charge is 0.233 e. The minimum Gasteiger partial charge on any atom is -0.358 e. The second kappa shape index (κ2) is 10.3. The van der Waals surface area contributed by atoms with E-state index in [1.54, 1.807) is 19.2 Å². The lowest BCUT2D eigenvalue weighted by Crippen LogP contribution is -2.40. The van der Waals surface area contributed by atoms with Gasteiger partial charge in [0.2, 0.25) is 5.91 Å². The van der Waals surface area contributed by atoms with Crippen LogP contribution in [0, 0.1) is 5.82 Å². The molecule has 1 fully saturated rings. The van der Waals surface area contributed by atoms with Gasteiger partial charge >= 0.3 is 0 Å². The number of thiazole rings is 1. The van der Waals surface area contributed by atoms with Crippen molar-refractivity contribution < 1.29 is 9.18 Å². The quantitative estimate of drug-likeness (QED) is 0.403. The standard InChI is InChI=1S/C26H30FN7OS/c1-4-20-25(32(3)26-30-22(16-36-26)17-5-7-19(27)8-6-17)34-23(29-20)10-9-21(31-34)18-11-13-33(14-12-18)15-24(35)28-2/h5-10,16,18H,4,11-15H2,1-3H3,(H,28,35). The summed E-state index contributed by atoms with van der Waals surface area (Å²) in [6, 6.07) is 10.5. The molecule has 0 atom stereocenters. The third-order valence-corrected chi connectivity index (χ3v) is 7.68. The number of nitrogens with one attached hydrogen (secondary N) is 1. The molecule has 0 unspecified atom stereocenters. The largest absolute Gasteiger partial charge is 0.358 e. The first kappa shape index (κ1) is 24.3. The molecule has 1 N–H and O–H groups in total. The number of rotatable bonds is 7. The highest BCUT2D eigenvalue weighted by molar-refractivity contribution is 7.14. The molecule has 4 aromatic rings. The second-order valence-electron chi connectivity index (χ2n) is 9.07. The van der Waals surface area contributed by atoms with Crippen molar-refractivity contribution in [1.29, 1.82) is 0 Å². The third-order valence-electron chi connectivity index (χ3n) is 6.77. The van der Waals surface area contributed by atoms with E-state index in [-0.39, 0.29) is 11.7 Å². The summed E-state index contributed by atoms with van der Waals surface area (Å²) in [6.45, 7) is 4.29. The molecule has 4 heterocycles. The lowest BCUT2D eigenvalue weighted by molar-refractivity contribution is -0.122. The number of carbonyl (C=O) groups is 1. The van der Waals surface area contributed by atoms with Crippen LogP contribution >= 0.6 is 11.3 Å². The van der Waals surface area contributed by atoms with Gasteiger partial charge in [0.05, 0.1) is 23.6 Å². The van der Waals surface area contributed by atoms with Gasteiger partial charge in [-0.25, -0.2) is 14.4 Å². The van der Waals surface area contributed by atoms with Gasteiger partial charge in [-0.1, -0.05) is 6.92 Å². The number of halogens is 1. The van der Waals surface area contributed by atoms with Crippen molar-refractivity contribution in [3.8, 4) is 11.3 Å². The van der Waals surface area contributed by atoms with Crippen LogP contribution in [0.5, 0.6) is 0 Å². The first-order valence-electron chi connectivity index (χ1n) is 12.2. The van der Waals surface area contributed by atoms with E-state index < -0.39 is 0 Å². The topological polar surface area (TPSA) is 78.7 Å². The summed E-state index contributed by atoms with van der Waals surface area (Å²) >= 11 is 1.54. The van der Waals surface area contributed by atoms with E-state index in [4.69, 9.17) is 15.1 Å². The van der Waals surface area contributed by atoms with Gasteiger partial charge < -0.3 is 10.2 Å². The Morgan fingerprint density at radius 3 is 2.61 bits per heavy atom. The predicted molar refractivity (Wildman–Crippen MR) is 140 cm³/mol. The third kappa shape index (κ3) is 4.83. The molecule has 1 aliphatic rings. The van der Waals surface area contributed by atoms with Crippen LogP contribution in [0.25, 0.3) is 16.9 Å². The van der Waals surface area contributed by atoms with Crippen molar-refractivity contribution in [2.24, 2.45) is 0 Å². The highest BCUT2D eigenvalue weighted by Crippen LogP contribution is 2.34. The Bertz CT molecular complexity index is 1360. The van der Waals surface area contributed by atoms with Gasteiger partial charge in [0.15, 0.2) is 16.6 Å². The molecular weight excluding hydrogens is 477 g/mol. The number of carbonyl (C=O) groups excluding carboxylic acids is 1. The summed E-state index contributed by atoms with van der Waals surface area (Å²) in [6.07, 6.45) is 2.69. The highest BCUT2D eigenvalue weighted by atomic mass is 32.1. The normalized spacial score (nSPS) is 14.9. The number of nitrogens with zero attached hydrogens (tertiary/aromatic N) is 6. The van der Waals surface area contributed by atoms with Gasteiger partial charge in [-0.15, -0.1) is 11.3 Å². The number of piperidine rings is 1. The number of anilines is 2. The zero-order valence-corrected chi connectivity index (χ0v) is 21.6. The molecule has 0 radical (unpaired) electrons. The molecule has 10 heteroatoms. The molecule has 1 aromatic carbocycles. The number of hydrogen-bond donors (Lipinski definition) is 1. The molecular formula is C26H30FN7OS. The summed E-state index contributed by atoms with van der Waals surface area (Å²) in [7, 11) is 3.66. The average molecular weight is 508 g/mol. The van der Waals surface area contributed by atoms with Gasteiger partial charge in [0.1, 0.15) is 5.82 Å². The van der Waals surface area contributed by atoms with E-state index in [0.29, 0.717) is 12.5 Å². The lowest BCUT2D eigenvalue weighted by Gasteiger charge is -2.31. The van der Waals surface area contributed by atoms with Crippen LogP contribution in [0.4, 0.5) is 15.3 Å². The van der Waals surface area contributed by atoms with Crippen LogP contribution in [0.2, 0.25) is 0 Å². The van der Waals surface area contributed by atoms with Crippen molar-refractivity contribution in [3.63, 3.8) is 0 Å². The Balaban J connectivity index is 1.41. The van der Waals surface area contributed by atoms with Crippen molar-refractivity contribution in [1.82, 2.24) is 29.8 Å². The average Bonchev–Trinajstić information content (AvgIpc) is 3.54. The molecule has 0 spiro atoms. The summed E-state index contributed by atoms with van der Waals surface area (Å²) < 4.78 is 15.3. The minimum absolute atomic E-state index is 0.0518. The molecule has 188 valence electrons. The maximum absolute atomic E-state index is 13.3. The van der Waals surface area contributed by atoms with Gasteiger partial charge in [0.25, 0.3) is 0 Å². The number of amides is 1. The second-order valence-corrected chi connectivity index (χ2v) is 9.91. The monoisotopic (exact) mass is 507 g/mol. The van der Waals surface area contributed by atoms with Gasteiger partial charge in [-0.3, -0.25) is 9.69 Å². The first-order valence-corrected chi connectivity index (χ1v) is 13.1. The maximum Gasteiger partial charge on any atom is 0.233 e. The van der Waals surface area contributed by atoms with E-state index in [2.05, 4.69) is 23.2 Å². The van der Waals surface area contributed by atoms with E-state index in [1.165, 1.54) is 23.5 Å². The first-order chi connectivity index (χ1) is 17.5. The molecule has 36 heavy (non-hydrogen) atoms. The Hall–Kier alpha value is -3.37. The molecule has 1 amide bonds. The number of likely N-dealkylation sites (tertiary alicyclic amines) is 1. The van der Waals surface area contributed by atoms with Crippen LogP contribution in [-0.2, 0) is 11.2 Å². The zero-order valence-electron chi connectivity index (χ0n) is 20.7. The van der Waals surface area contributed by atoms with Gasteiger partial charge in [-0.2, -0.15) is 9.61 Å². The minimum atomic E-state index is -0.261. The lowest BCUT2D eigenvalue weighted by atomic mass is 9.93. The number of aromatic nitrogens is 4. The summed E-state index contributed by atoms with van der Waals surface area (Å²) in [5.74, 6) is 1.04. The Morgan fingerprint density at radius 1 is 1.17 bits per heavy atom. The predicted octanol–water partition coefficient (Wildman–Crippen LogP) is 4.25. The fourth-order valence-electron chi connectivity index (χ4n) is 4.70.